The second-order valence-corrected chi connectivity index (χ2v) is 8.07. The van der Waals surface area contributed by atoms with E-state index in [0.29, 0.717) is 5.54 Å². The van der Waals surface area contributed by atoms with Gasteiger partial charge in [-0.15, -0.1) is 0 Å². The molecule has 118 valence electrons. The lowest BCUT2D eigenvalue weighted by atomic mass is 9.77. The fourth-order valence-corrected chi connectivity index (χ4v) is 4.54. The van der Waals surface area contributed by atoms with Gasteiger partial charge in [-0.2, -0.15) is 0 Å². The predicted octanol–water partition coefficient (Wildman–Crippen LogP) is 4.06. The van der Waals surface area contributed by atoms with Gasteiger partial charge in [0.2, 0.25) is 0 Å². The van der Waals surface area contributed by atoms with Gasteiger partial charge in [-0.3, -0.25) is 4.90 Å². The Morgan fingerprint density at radius 2 is 1.55 bits per heavy atom. The molecule has 1 aliphatic carbocycles. The quantitative estimate of drug-likeness (QED) is 0.817. The summed E-state index contributed by atoms with van der Waals surface area (Å²) in [7, 11) is 0. The molecule has 0 unspecified atom stereocenters. The van der Waals surface area contributed by atoms with Crippen LogP contribution in [0.25, 0.3) is 0 Å². The van der Waals surface area contributed by atoms with Crippen molar-refractivity contribution in [3.05, 3.63) is 0 Å². The smallest absolute Gasteiger partial charge is 0.0337 e. The van der Waals surface area contributed by atoms with Crippen molar-refractivity contribution in [3.8, 4) is 0 Å². The first-order chi connectivity index (χ1) is 9.53. The van der Waals surface area contributed by atoms with Gasteiger partial charge in [-0.05, 0) is 37.5 Å². The Morgan fingerprint density at radius 3 is 2.10 bits per heavy atom. The number of nitrogens with one attached hydrogen (secondary N) is 1. The van der Waals surface area contributed by atoms with Crippen molar-refractivity contribution in [2.75, 3.05) is 19.6 Å². The van der Waals surface area contributed by atoms with E-state index in [0.717, 1.165) is 17.9 Å². The molecule has 1 aliphatic heterocycles. The predicted molar refractivity (Wildman–Crippen MR) is 88.1 cm³/mol. The van der Waals surface area contributed by atoms with E-state index in [1.54, 1.807) is 0 Å². The highest BCUT2D eigenvalue weighted by Gasteiger charge is 2.42. The Labute approximate surface area is 126 Å². The Balaban J connectivity index is 2.13. The Morgan fingerprint density at radius 1 is 0.950 bits per heavy atom. The van der Waals surface area contributed by atoms with Crippen LogP contribution < -0.4 is 5.32 Å². The molecule has 20 heavy (non-hydrogen) atoms. The zero-order valence-corrected chi connectivity index (χ0v) is 14.3. The molecule has 0 amide bonds. The van der Waals surface area contributed by atoms with Crippen LogP contribution in [0.1, 0.15) is 72.6 Å². The van der Waals surface area contributed by atoms with Crippen molar-refractivity contribution in [2.24, 2.45) is 11.8 Å². The number of hydrogen-bond donors (Lipinski definition) is 1. The van der Waals surface area contributed by atoms with E-state index in [4.69, 9.17) is 0 Å². The SMILES string of the molecule is CC(C)CC(CC(C)C)N1CCNCC12CCCCC2. The van der Waals surface area contributed by atoms with Gasteiger partial charge < -0.3 is 5.32 Å². The maximum atomic E-state index is 3.70. The summed E-state index contributed by atoms with van der Waals surface area (Å²) in [4.78, 5) is 2.95. The van der Waals surface area contributed by atoms with Crippen LogP contribution in [0.4, 0.5) is 0 Å². The monoisotopic (exact) mass is 280 g/mol. The van der Waals surface area contributed by atoms with Crippen molar-refractivity contribution in [2.45, 2.75) is 84.2 Å². The van der Waals surface area contributed by atoms with Gasteiger partial charge in [0.15, 0.2) is 0 Å². The minimum absolute atomic E-state index is 0.491. The summed E-state index contributed by atoms with van der Waals surface area (Å²) in [6.45, 7) is 13.3. The fourth-order valence-electron chi connectivity index (χ4n) is 4.54. The van der Waals surface area contributed by atoms with Crippen LogP contribution in [0.2, 0.25) is 0 Å². The van der Waals surface area contributed by atoms with Crippen LogP contribution in [-0.4, -0.2) is 36.1 Å². The third-order valence-corrected chi connectivity index (χ3v) is 5.30. The fraction of sp³-hybridized carbons (Fsp3) is 1.00. The molecule has 1 N–H and O–H groups in total. The second-order valence-electron chi connectivity index (χ2n) is 8.07. The van der Waals surface area contributed by atoms with E-state index in [1.807, 2.05) is 0 Å². The second kappa shape index (κ2) is 7.26. The Hall–Kier alpha value is -0.0800. The molecule has 1 spiro atoms. The number of nitrogens with zero attached hydrogens (tertiary/aromatic N) is 1. The van der Waals surface area contributed by atoms with Gasteiger partial charge in [-0.25, -0.2) is 0 Å². The molecule has 0 aromatic rings. The first-order valence-corrected chi connectivity index (χ1v) is 9.01. The Kier molecular flexibility index (Phi) is 5.92. The molecule has 1 heterocycles. The van der Waals surface area contributed by atoms with Crippen LogP contribution in [0.5, 0.6) is 0 Å². The van der Waals surface area contributed by atoms with E-state index in [9.17, 15) is 0 Å². The van der Waals surface area contributed by atoms with Gasteiger partial charge >= 0.3 is 0 Å². The molecule has 1 saturated carbocycles. The normalized spacial score (nSPS) is 24.1. The molecule has 0 atom stereocenters. The van der Waals surface area contributed by atoms with Crippen molar-refractivity contribution >= 4 is 0 Å². The summed E-state index contributed by atoms with van der Waals surface area (Å²) in [5.74, 6) is 1.63. The molecular weight excluding hydrogens is 244 g/mol. The third-order valence-electron chi connectivity index (χ3n) is 5.30. The average Bonchev–Trinajstić information content (AvgIpc) is 2.38. The lowest BCUT2D eigenvalue weighted by Gasteiger charge is -2.53. The van der Waals surface area contributed by atoms with Gasteiger partial charge in [0.1, 0.15) is 0 Å². The lowest BCUT2D eigenvalue weighted by Crippen LogP contribution is -2.65. The molecule has 2 heteroatoms. The van der Waals surface area contributed by atoms with Crippen molar-refractivity contribution in [1.29, 1.82) is 0 Å². The van der Waals surface area contributed by atoms with Crippen molar-refractivity contribution in [1.82, 2.24) is 10.2 Å². The molecule has 2 aliphatic rings. The molecule has 0 radical (unpaired) electrons. The van der Waals surface area contributed by atoms with E-state index < -0.39 is 0 Å². The first-order valence-electron chi connectivity index (χ1n) is 9.01. The maximum absolute atomic E-state index is 3.70. The van der Waals surface area contributed by atoms with Gasteiger partial charge in [0.05, 0.1) is 0 Å². The highest BCUT2D eigenvalue weighted by atomic mass is 15.3. The molecule has 2 fully saturated rings. The van der Waals surface area contributed by atoms with Crippen molar-refractivity contribution in [3.63, 3.8) is 0 Å². The molecule has 0 aromatic heterocycles. The highest BCUT2D eigenvalue weighted by molar-refractivity contribution is 5.00. The van der Waals surface area contributed by atoms with E-state index in [1.165, 1.54) is 64.6 Å². The molecular formula is C18H36N2. The van der Waals surface area contributed by atoms with E-state index >= 15 is 0 Å². The summed E-state index contributed by atoms with van der Waals surface area (Å²) in [6, 6.07) is 0.801. The van der Waals surface area contributed by atoms with Crippen LogP contribution in [0.3, 0.4) is 0 Å². The third kappa shape index (κ3) is 3.98. The number of rotatable bonds is 5. The number of piperazine rings is 1. The largest absolute Gasteiger partial charge is 0.314 e. The zero-order chi connectivity index (χ0) is 14.6. The van der Waals surface area contributed by atoms with Crippen molar-refractivity contribution < 1.29 is 0 Å². The summed E-state index contributed by atoms with van der Waals surface area (Å²) < 4.78 is 0. The maximum Gasteiger partial charge on any atom is 0.0337 e. The summed E-state index contributed by atoms with van der Waals surface area (Å²) in [5, 5.41) is 3.70. The Bertz CT molecular complexity index is 261. The molecule has 1 saturated heterocycles. The summed E-state index contributed by atoms with van der Waals surface area (Å²) in [5.41, 5.74) is 0.491. The van der Waals surface area contributed by atoms with Crippen LogP contribution in [0.15, 0.2) is 0 Å². The molecule has 0 aromatic carbocycles. The van der Waals surface area contributed by atoms with Crippen LogP contribution in [0, 0.1) is 11.8 Å². The van der Waals surface area contributed by atoms with Crippen LogP contribution >= 0.6 is 0 Å². The van der Waals surface area contributed by atoms with Gasteiger partial charge in [0, 0.05) is 31.2 Å². The van der Waals surface area contributed by atoms with Gasteiger partial charge in [0.25, 0.3) is 0 Å². The minimum Gasteiger partial charge on any atom is -0.314 e. The lowest BCUT2D eigenvalue weighted by molar-refractivity contribution is -0.0198. The molecule has 2 rings (SSSR count). The number of hydrogen-bond acceptors (Lipinski definition) is 2. The molecule has 0 bridgehead atoms. The summed E-state index contributed by atoms with van der Waals surface area (Å²) >= 11 is 0. The van der Waals surface area contributed by atoms with E-state index in [-0.39, 0.29) is 0 Å². The zero-order valence-electron chi connectivity index (χ0n) is 14.3. The van der Waals surface area contributed by atoms with Crippen LogP contribution in [-0.2, 0) is 0 Å². The highest BCUT2D eigenvalue weighted by Crippen LogP contribution is 2.38. The van der Waals surface area contributed by atoms with E-state index in [2.05, 4.69) is 37.9 Å². The van der Waals surface area contributed by atoms with Gasteiger partial charge in [-0.1, -0.05) is 47.0 Å². The minimum atomic E-state index is 0.491. The summed E-state index contributed by atoms with van der Waals surface area (Å²) in [6.07, 6.45) is 9.93. The topological polar surface area (TPSA) is 15.3 Å². The first kappa shape index (κ1) is 16.3. The molecule has 2 nitrogen and oxygen atoms in total. The average molecular weight is 280 g/mol. The standard InChI is InChI=1S/C18H36N2/c1-15(2)12-17(13-16(3)4)20-11-10-19-14-18(20)8-6-5-7-9-18/h15-17,19H,5-14H2,1-4H3.